The Morgan fingerprint density at radius 3 is 2.43 bits per heavy atom. The Morgan fingerprint density at radius 2 is 1.76 bits per heavy atom. The number of fused-ring (bicyclic) bond motifs is 1. The molecule has 4 nitrogen and oxygen atoms in total. The molecule has 0 atom stereocenters. The number of benzene rings is 2. The van der Waals surface area contributed by atoms with E-state index in [0.717, 1.165) is 5.56 Å². The lowest BCUT2D eigenvalue weighted by molar-refractivity contribution is 0.112. The summed E-state index contributed by atoms with van der Waals surface area (Å²) in [5, 5.41) is 1.52. The molecule has 1 aromatic heterocycles. The first-order valence-electron chi connectivity index (χ1n) is 6.04. The molecule has 6 heteroatoms. The van der Waals surface area contributed by atoms with Gasteiger partial charge in [0.25, 0.3) is 0 Å². The Balaban J connectivity index is 2.45. The average Bonchev–Trinajstić information content (AvgIpc) is 2.47. The molecular weight excluding hydrogens is 311 g/mol. The van der Waals surface area contributed by atoms with Crippen LogP contribution in [0, 0.1) is 0 Å². The lowest BCUT2D eigenvalue weighted by atomic mass is 10.0. The maximum atomic E-state index is 11.8. The summed E-state index contributed by atoms with van der Waals surface area (Å²) < 4.78 is 0. The van der Waals surface area contributed by atoms with E-state index in [1.807, 2.05) is 0 Å². The van der Waals surface area contributed by atoms with Crippen molar-refractivity contribution in [1.82, 2.24) is 9.97 Å². The largest absolute Gasteiger partial charge is 0.346 e. The summed E-state index contributed by atoms with van der Waals surface area (Å²) in [4.78, 5) is 29.4. The number of nitrogens with zero attached hydrogens (tertiary/aromatic N) is 1. The Bertz CT molecular complexity index is 902. The van der Waals surface area contributed by atoms with Gasteiger partial charge in [0, 0.05) is 16.0 Å². The van der Waals surface area contributed by atoms with Gasteiger partial charge in [0.15, 0.2) is 6.29 Å². The van der Waals surface area contributed by atoms with Crippen molar-refractivity contribution < 1.29 is 4.79 Å². The monoisotopic (exact) mass is 318 g/mol. The van der Waals surface area contributed by atoms with E-state index >= 15 is 0 Å². The van der Waals surface area contributed by atoms with Crippen LogP contribution < -0.4 is 5.69 Å². The quantitative estimate of drug-likeness (QED) is 0.732. The van der Waals surface area contributed by atoms with Gasteiger partial charge in [-0.05, 0) is 29.8 Å². The number of H-pyrrole nitrogens is 1. The summed E-state index contributed by atoms with van der Waals surface area (Å²) in [7, 11) is 0. The van der Waals surface area contributed by atoms with E-state index in [0.29, 0.717) is 33.0 Å². The summed E-state index contributed by atoms with van der Waals surface area (Å²) in [6.45, 7) is 0. The van der Waals surface area contributed by atoms with E-state index in [-0.39, 0.29) is 5.52 Å². The minimum atomic E-state index is -0.544. The summed E-state index contributed by atoms with van der Waals surface area (Å²) in [6.07, 6.45) is 0.650. The van der Waals surface area contributed by atoms with E-state index in [9.17, 15) is 9.59 Å². The van der Waals surface area contributed by atoms with Gasteiger partial charge >= 0.3 is 5.69 Å². The van der Waals surface area contributed by atoms with Gasteiger partial charge in [-0.2, -0.15) is 4.98 Å². The van der Waals surface area contributed by atoms with Crippen molar-refractivity contribution in [2.24, 2.45) is 0 Å². The first kappa shape index (κ1) is 13.8. The van der Waals surface area contributed by atoms with E-state index in [1.54, 1.807) is 30.3 Å². The smallest absolute Gasteiger partial charge is 0.305 e. The van der Waals surface area contributed by atoms with Crippen LogP contribution in [0.25, 0.3) is 22.2 Å². The second kappa shape index (κ2) is 5.31. The second-order valence-electron chi connectivity index (χ2n) is 4.40. The predicted molar refractivity (Wildman–Crippen MR) is 83.2 cm³/mol. The van der Waals surface area contributed by atoms with Crippen LogP contribution in [-0.4, -0.2) is 16.3 Å². The van der Waals surface area contributed by atoms with Crippen LogP contribution in [0.4, 0.5) is 0 Å². The maximum absolute atomic E-state index is 11.8. The van der Waals surface area contributed by atoms with Crippen molar-refractivity contribution in [2.75, 3.05) is 0 Å². The highest BCUT2D eigenvalue weighted by molar-refractivity contribution is 6.36. The molecular formula is C15H8Cl2N2O2. The van der Waals surface area contributed by atoms with Crippen LogP contribution >= 0.6 is 23.2 Å². The minimum absolute atomic E-state index is 0.284. The lowest BCUT2D eigenvalue weighted by Crippen LogP contribution is -2.12. The number of aromatic nitrogens is 2. The summed E-state index contributed by atoms with van der Waals surface area (Å²) in [6, 6.07) is 10.1. The summed E-state index contributed by atoms with van der Waals surface area (Å²) in [5.41, 5.74) is 1.30. The number of rotatable bonds is 2. The maximum Gasteiger partial charge on any atom is 0.346 e. The first-order chi connectivity index (χ1) is 10.1. The highest BCUT2D eigenvalue weighted by Crippen LogP contribution is 2.32. The second-order valence-corrected chi connectivity index (χ2v) is 5.25. The number of hydrogen-bond acceptors (Lipinski definition) is 3. The van der Waals surface area contributed by atoms with Crippen molar-refractivity contribution in [3.05, 3.63) is 62.5 Å². The number of nitrogens with one attached hydrogen (secondary N) is 1. The molecule has 0 fully saturated rings. The number of carbonyl (C=O) groups is 1. The van der Waals surface area contributed by atoms with Crippen molar-refractivity contribution in [3.8, 4) is 11.3 Å². The predicted octanol–water partition coefficient (Wildman–Crippen LogP) is 3.71. The molecule has 3 rings (SSSR count). The molecule has 0 aliphatic rings. The van der Waals surface area contributed by atoms with Gasteiger partial charge in [0.05, 0.1) is 16.2 Å². The zero-order valence-corrected chi connectivity index (χ0v) is 12.1. The highest BCUT2D eigenvalue weighted by Gasteiger charge is 2.13. The van der Waals surface area contributed by atoms with Gasteiger partial charge in [-0.3, -0.25) is 4.79 Å². The third-order valence-corrected chi connectivity index (χ3v) is 3.68. The van der Waals surface area contributed by atoms with Crippen molar-refractivity contribution >= 4 is 40.4 Å². The molecule has 0 amide bonds. The summed E-state index contributed by atoms with van der Waals surface area (Å²) in [5.74, 6) is 0. The van der Waals surface area contributed by atoms with Crippen LogP contribution in [0.15, 0.2) is 41.2 Å². The molecule has 1 heterocycles. The van der Waals surface area contributed by atoms with E-state index < -0.39 is 5.69 Å². The third kappa shape index (κ3) is 2.44. The Labute approximate surface area is 129 Å². The molecule has 0 saturated carbocycles. The van der Waals surface area contributed by atoms with E-state index in [2.05, 4.69) is 9.97 Å². The van der Waals surface area contributed by atoms with E-state index in [4.69, 9.17) is 23.2 Å². The molecule has 0 spiro atoms. The minimum Gasteiger partial charge on any atom is -0.305 e. The molecule has 0 aliphatic carbocycles. The molecule has 3 aromatic rings. The van der Waals surface area contributed by atoms with Crippen LogP contribution in [0.2, 0.25) is 10.0 Å². The van der Waals surface area contributed by atoms with Gasteiger partial charge in [-0.25, -0.2) is 4.79 Å². The van der Waals surface area contributed by atoms with Gasteiger partial charge < -0.3 is 4.98 Å². The normalized spacial score (nSPS) is 10.8. The number of halogens is 2. The molecule has 0 unspecified atom stereocenters. The lowest BCUT2D eigenvalue weighted by Gasteiger charge is -2.09. The van der Waals surface area contributed by atoms with Gasteiger partial charge in [0.2, 0.25) is 0 Å². The number of aldehydes is 1. The zero-order chi connectivity index (χ0) is 15.0. The zero-order valence-electron chi connectivity index (χ0n) is 10.6. The highest BCUT2D eigenvalue weighted by atomic mass is 35.5. The fourth-order valence-electron chi connectivity index (χ4n) is 2.17. The van der Waals surface area contributed by atoms with E-state index in [1.165, 1.54) is 6.07 Å². The number of aromatic amines is 1. The van der Waals surface area contributed by atoms with Crippen LogP contribution in [0.1, 0.15) is 10.4 Å². The van der Waals surface area contributed by atoms with Gasteiger partial charge in [0.1, 0.15) is 0 Å². The molecule has 1 N–H and O–H groups in total. The Morgan fingerprint density at radius 1 is 1.05 bits per heavy atom. The molecule has 0 radical (unpaired) electrons. The van der Waals surface area contributed by atoms with Crippen molar-refractivity contribution in [2.45, 2.75) is 0 Å². The Hall–Kier alpha value is -2.17. The fourth-order valence-corrected chi connectivity index (χ4v) is 2.54. The fraction of sp³-hybridized carbons (Fsp3) is 0. The Kier molecular flexibility index (Phi) is 3.49. The first-order valence-corrected chi connectivity index (χ1v) is 6.79. The molecule has 21 heavy (non-hydrogen) atoms. The molecule has 104 valence electrons. The number of carbonyl (C=O) groups excluding carboxylic acids is 1. The molecule has 0 saturated heterocycles. The van der Waals surface area contributed by atoms with Crippen molar-refractivity contribution in [1.29, 1.82) is 0 Å². The van der Waals surface area contributed by atoms with Gasteiger partial charge in [-0.1, -0.05) is 35.3 Å². The standard InChI is InChI=1S/C15H8Cl2N2O2/c16-10-4-1-8(2-5-10)13-12-11(17)6-3-9(7-20)14(12)19-15(21)18-13/h1-7H,(H,18,19,21). The molecule has 0 bridgehead atoms. The van der Waals surface area contributed by atoms with Crippen LogP contribution in [0.5, 0.6) is 0 Å². The topological polar surface area (TPSA) is 62.8 Å². The van der Waals surface area contributed by atoms with Crippen molar-refractivity contribution in [3.63, 3.8) is 0 Å². The number of hydrogen-bond donors (Lipinski definition) is 1. The SMILES string of the molecule is O=Cc1ccc(Cl)c2c(-c3ccc(Cl)cc3)[nH]c(=O)nc12. The third-order valence-electron chi connectivity index (χ3n) is 3.11. The molecule has 0 aliphatic heterocycles. The van der Waals surface area contributed by atoms with Crippen LogP contribution in [0.3, 0.4) is 0 Å². The van der Waals surface area contributed by atoms with Gasteiger partial charge in [-0.15, -0.1) is 0 Å². The molecule has 2 aromatic carbocycles. The van der Waals surface area contributed by atoms with Crippen LogP contribution in [-0.2, 0) is 0 Å². The summed E-state index contributed by atoms with van der Waals surface area (Å²) >= 11 is 12.1. The average molecular weight is 319 g/mol.